The van der Waals surface area contributed by atoms with Gasteiger partial charge in [-0.25, -0.2) is 14.0 Å². The molecule has 5 nitrogen and oxygen atoms in total. The number of hydrogen-bond acceptors (Lipinski definition) is 5. The normalized spacial score (nSPS) is 20.4. The number of para-hydroxylation sites is 1. The van der Waals surface area contributed by atoms with Crippen molar-refractivity contribution in [2.45, 2.75) is 18.4 Å². The Morgan fingerprint density at radius 2 is 1.79 bits per heavy atom. The first-order chi connectivity index (χ1) is 16.0. The van der Waals surface area contributed by atoms with Crippen molar-refractivity contribution in [2.24, 2.45) is 5.92 Å². The summed E-state index contributed by atoms with van der Waals surface area (Å²) in [6.45, 7) is 0. The average Bonchev–Trinajstić information content (AvgIpc) is 3.34. The number of halogens is 1. The fourth-order valence-corrected chi connectivity index (χ4v) is 4.71. The van der Waals surface area contributed by atoms with Crippen molar-refractivity contribution in [3.63, 3.8) is 0 Å². The highest BCUT2D eigenvalue weighted by molar-refractivity contribution is 5.96. The molecule has 6 heteroatoms. The van der Waals surface area contributed by atoms with Gasteiger partial charge in [0.1, 0.15) is 17.1 Å². The fraction of sp³-hybridized carbons (Fsp3) is 0.185. The third kappa shape index (κ3) is 3.89. The average molecular weight is 443 g/mol. The molecule has 0 bridgehead atoms. The quantitative estimate of drug-likeness (QED) is 0.320. The Bertz CT molecular complexity index is 1250. The molecule has 0 radical (unpaired) electrons. The second-order valence-electron chi connectivity index (χ2n) is 8.21. The Morgan fingerprint density at radius 3 is 2.58 bits per heavy atom. The summed E-state index contributed by atoms with van der Waals surface area (Å²) in [5.74, 6) is -0.832. The van der Waals surface area contributed by atoms with Gasteiger partial charge in [-0.05, 0) is 65.9 Å². The number of methoxy groups -OCH3 is 1. The van der Waals surface area contributed by atoms with Crippen LogP contribution in [0.25, 0.3) is 0 Å². The molecule has 5 rings (SSSR count). The van der Waals surface area contributed by atoms with Gasteiger partial charge >= 0.3 is 11.9 Å². The molecule has 3 aromatic carbocycles. The molecular formula is C27H22FNO4. The molecule has 0 amide bonds. The maximum absolute atomic E-state index is 13.4. The number of ether oxygens (including phenoxy) is 2. The number of carbonyl (C=O) groups is 2. The Balaban J connectivity index is 1.43. The molecule has 0 unspecified atom stereocenters. The Hall–Kier alpha value is -3.93. The molecule has 0 saturated heterocycles. The summed E-state index contributed by atoms with van der Waals surface area (Å²) in [5.41, 5.74) is 3.57. The summed E-state index contributed by atoms with van der Waals surface area (Å²) < 4.78 is 23.7. The zero-order chi connectivity index (χ0) is 22.9. The van der Waals surface area contributed by atoms with Gasteiger partial charge in [0.05, 0.1) is 18.7 Å². The number of esters is 2. The van der Waals surface area contributed by atoms with E-state index in [2.05, 4.69) is 17.5 Å². The van der Waals surface area contributed by atoms with Crippen molar-refractivity contribution in [3.05, 3.63) is 107 Å². The Morgan fingerprint density at radius 1 is 1.00 bits per heavy atom. The van der Waals surface area contributed by atoms with Crippen molar-refractivity contribution >= 4 is 17.6 Å². The van der Waals surface area contributed by atoms with Gasteiger partial charge in [0.15, 0.2) is 0 Å². The molecule has 0 saturated carbocycles. The number of allylic oxidation sites excluding steroid dienone is 2. The molecular weight excluding hydrogens is 421 g/mol. The highest BCUT2D eigenvalue weighted by Gasteiger charge is 2.38. The number of fused-ring (bicyclic) bond motifs is 3. The standard InChI is InChI=1S/C27H22FNO4/c1-32-27(31)21-5-2-3-8-24(21)33-26(30)17-11-14-23-22(15-17)19-6-4-7-20(19)25(29-23)16-9-12-18(28)13-10-16/h2-6,8-15,19-20,25,29H,7H2,1H3/t19-,20-,25-/m0/s1. The summed E-state index contributed by atoms with van der Waals surface area (Å²) in [7, 11) is 1.28. The minimum Gasteiger partial charge on any atom is -0.465 e. The van der Waals surface area contributed by atoms with Gasteiger partial charge in [-0.2, -0.15) is 0 Å². The molecule has 1 aliphatic carbocycles. The van der Waals surface area contributed by atoms with E-state index in [-0.39, 0.29) is 35.0 Å². The molecule has 3 aromatic rings. The van der Waals surface area contributed by atoms with Crippen molar-refractivity contribution in [1.82, 2.24) is 0 Å². The number of nitrogens with one attached hydrogen (secondary N) is 1. The van der Waals surface area contributed by atoms with Crippen molar-refractivity contribution in [2.75, 3.05) is 12.4 Å². The van der Waals surface area contributed by atoms with Crippen LogP contribution in [0.5, 0.6) is 5.75 Å². The molecule has 1 N–H and O–H groups in total. The summed E-state index contributed by atoms with van der Waals surface area (Å²) in [4.78, 5) is 24.9. The van der Waals surface area contributed by atoms with E-state index in [4.69, 9.17) is 9.47 Å². The van der Waals surface area contributed by atoms with Crippen LogP contribution in [0.3, 0.4) is 0 Å². The predicted molar refractivity (Wildman–Crippen MR) is 122 cm³/mol. The molecule has 33 heavy (non-hydrogen) atoms. The van der Waals surface area contributed by atoms with Crippen LogP contribution in [-0.4, -0.2) is 19.0 Å². The maximum Gasteiger partial charge on any atom is 0.343 e. The van der Waals surface area contributed by atoms with E-state index in [1.165, 1.54) is 19.2 Å². The van der Waals surface area contributed by atoms with Crippen molar-refractivity contribution in [1.29, 1.82) is 0 Å². The van der Waals surface area contributed by atoms with Crippen LogP contribution < -0.4 is 10.1 Å². The largest absolute Gasteiger partial charge is 0.465 e. The summed E-state index contributed by atoms with van der Waals surface area (Å²) in [6.07, 6.45) is 5.21. The maximum atomic E-state index is 13.4. The lowest BCUT2D eigenvalue weighted by Crippen LogP contribution is -2.29. The Kier molecular flexibility index (Phi) is 5.42. The SMILES string of the molecule is COC(=O)c1ccccc1OC(=O)c1ccc2c(c1)[C@H]1C=CC[C@@H]1[C@H](c1ccc(F)cc1)N2. The highest BCUT2D eigenvalue weighted by Crippen LogP contribution is 2.50. The topological polar surface area (TPSA) is 64.6 Å². The van der Waals surface area contributed by atoms with Crippen LogP contribution in [0, 0.1) is 11.7 Å². The Labute approximate surface area is 190 Å². The number of carbonyl (C=O) groups excluding carboxylic acids is 2. The first-order valence-electron chi connectivity index (χ1n) is 10.8. The molecule has 0 spiro atoms. The summed E-state index contributed by atoms with van der Waals surface area (Å²) in [6, 6.07) is 18.5. The van der Waals surface area contributed by atoms with E-state index in [1.54, 1.807) is 30.3 Å². The lowest BCUT2D eigenvalue weighted by Gasteiger charge is -2.37. The van der Waals surface area contributed by atoms with Gasteiger partial charge in [-0.1, -0.05) is 36.4 Å². The fourth-order valence-electron chi connectivity index (χ4n) is 4.71. The zero-order valence-electron chi connectivity index (χ0n) is 18.0. The van der Waals surface area contributed by atoms with Gasteiger partial charge in [0.2, 0.25) is 0 Å². The first kappa shape index (κ1) is 20.9. The molecule has 1 aliphatic heterocycles. The van der Waals surface area contributed by atoms with E-state index >= 15 is 0 Å². The third-order valence-corrected chi connectivity index (χ3v) is 6.32. The summed E-state index contributed by atoms with van der Waals surface area (Å²) >= 11 is 0. The molecule has 166 valence electrons. The minimum absolute atomic E-state index is 0.0443. The highest BCUT2D eigenvalue weighted by atomic mass is 19.1. The van der Waals surface area contributed by atoms with Crippen molar-refractivity contribution in [3.8, 4) is 5.75 Å². The number of hydrogen-bond donors (Lipinski definition) is 1. The van der Waals surface area contributed by atoms with Gasteiger partial charge in [0, 0.05) is 11.6 Å². The molecule has 1 heterocycles. The monoisotopic (exact) mass is 443 g/mol. The van der Waals surface area contributed by atoms with E-state index in [0.717, 1.165) is 23.2 Å². The molecule has 0 aromatic heterocycles. The van der Waals surface area contributed by atoms with Crippen LogP contribution in [0.2, 0.25) is 0 Å². The molecule has 2 aliphatic rings. The van der Waals surface area contributed by atoms with E-state index in [0.29, 0.717) is 5.56 Å². The second kappa shape index (κ2) is 8.54. The lowest BCUT2D eigenvalue weighted by molar-refractivity contribution is 0.0593. The smallest absolute Gasteiger partial charge is 0.343 e. The number of rotatable bonds is 4. The first-order valence-corrected chi connectivity index (χ1v) is 10.8. The minimum atomic E-state index is -0.571. The van der Waals surface area contributed by atoms with E-state index in [9.17, 15) is 14.0 Å². The lowest BCUT2D eigenvalue weighted by atomic mass is 9.76. The summed E-state index contributed by atoms with van der Waals surface area (Å²) in [5, 5.41) is 3.58. The number of benzene rings is 3. The van der Waals surface area contributed by atoms with Gasteiger partial charge in [-0.15, -0.1) is 0 Å². The molecule has 0 fully saturated rings. The number of anilines is 1. The van der Waals surface area contributed by atoms with Gasteiger partial charge in [-0.3, -0.25) is 0 Å². The predicted octanol–water partition coefficient (Wildman–Crippen LogP) is 5.66. The van der Waals surface area contributed by atoms with Crippen LogP contribution in [-0.2, 0) is 4.74 Å². The van der Waals surface area contributed by atoms with Crippen molar-refractivity contribution < 1.29 is 23.5 Å². The zero-order valence-corrected chi connectivity index (χ0v) is 18.0. The third-order valence-electron chi connectivity index (χ3n) is 6.32. The van der Waals surface area contributed by atoms with Crippen LogP contribution >= 0.6 is 0 Å². The van der Waals surface area contributed by atoms with Gasteiger partial charge < -0.3 is 14.8 Å². The van der Waals surface area contributed by atoms with E-state index < -0.39 is 11.9 Å². The second-order valence-corrected chi connectivity index (χ2v) is 8.21. The van der Waals surface area contributed by atoms with Crippen LogP contribution in [0.1, 0.15) is 50.2 Å². The van der Waals surface area contributed by atoms with E-state index in [1.807, 2.05) is 24.3 Å². The van der Waals surface area contributed by atoms with Gasteiger partial charge in [0.25, 0.3) is 0 Å². The molecule has 3 atom stereocenters. The van der Waals surface area contributed by atoms with Crippen LogP contribution in [0.4, 0.5) is 10.1 Å². The van der Waals surface area contributed by atoms with Crippen LogP contribution in [0.15, 0.2) is 78.9 Å².